The van der Waals surface area contributed by atoms with Gasteiger partial charge in [0.15, 0.2) is 9.84 Å². The second-order valence-electron chi connectivity index (χ2n) is 6.23. The zero-order valence-corrected chi connectivity index (χ0v) is 15.3. The van der Waals surface area contributed by atoms with Crippen molar-refractivity contribution < 1.29 is 13.2 Å². The van der Waals surface area contributed by atoms with E-state index in [2.05, 4.69) is 23.6 Å². The summed E-state index contributed by atoms with van der Waals surface area (Å²) in [5.74, 6) is 0.137. The summed E-state index contributed by atoms with van der Waals surface area (Å²) >= 11 is 0. The average Bonchev–Trinajstić information content (AvgIpc) is 2.54. The SMILES string of the molecule is CCS(=O)(=O)c1ccc(N2CC(C)N(CCOC)C(C)C2)cc1. The molecule has 130 valence electrons. The summed E-state index contributed by atoms with van der Waals surface area (Å²) in [5, 5.41) is 0. The monoisotopic (exact) mass is 340 g/mol. The molecule has 6 heteroatoms. The van der Waals surface area contributed by atoms with Crippen LogP contribution in [0.2, 0.25) is 0 Å². The first kappa shape index (κ1) is 18.2. The third kappa shape index (κ3) is 4.25. The summed E-state index contributed by atoms with van der Waals surface area (Å²) in [5.41, 5.74) is 1.09. The van der Waals surface area contributed by atoms with Gasteiger partial charge in [-0.2, -0.15) is 0 Å². The Morgan fingerprint density at radius 2 is 1.70 bits per heavy atom. The van der Waals surface area contributed by atoms with E-state index in [0.29, 0.717) is 17.0 Å². The zero-order chi connectivity index (χ0) is 17.0. The summed E-state index contributed by atoms with van der Waals surface area (Å²) in [6.45, 7) is 9.70. The lowest BCUT2D eigenvalue weighted by molar-refractivity contribution is 0.0847. The normalized spacial score (nSPS) is 23.2. The van der Waals surface area contributed by atoms with Crippen LogP contribution in [0.5, 0.6) is 0 Å². The van der Waals surface area contributed by atoms with E-state index in [-0.39, 0.29) is 5.75 Å². The van der Waals surface area contributed by atoms with E-state index in [1.54, 1.807) is 26.2 Å². The molecular formula is C17H28N2O3S. The molecule has 0 spiro atoms. The molecule has 1 fully saturated rings. The predicted octanol–water partition coefficient (Wildman–Crippen LogP) is 2.03. The van der Waals surface area contributed by atoms with Gasteiger partial charge in [-0.1, -0.05) is 6.92 Å². The van der Waals surface area contributed by atoms with Crippen molar-refractivity contribution in [2.75, 3.05) is 44.0 Å². The number of benzene rings is 1. The Morgan fingerprint density at radius 3 is 2.17 bits per heavy atom. The van der Waals surface area contributed by atoms with Crippen LogP contribution in [0.25, 0.3) is 0 Å². The molecule has 2 rings (SSSR count). The van der Waals surface area contributed by atoms with Crippen LogP contribution >= 0.6 is 0 Å². The molecule has 1 aliphatic heterocycles. The van der Waals surface area contributed by atoms with Crippen molar-refractivity contribution in [3.05, 3.63) is 24.3 Å². The third-order valence-electron chi connectivity index (χ3n) is 4.60. The maximum atomic E-state index is 11.9. The fourth-order valence-electron chi connectivity index (χ4n) is 3.24. The number of hydrogen-bond acceptors (Lipinski definition) is 5. The smallest absolute Gasteiger partial charge is 0.178 e. The van der Waals surface area contributed by atoms with Crippen LogP contribution in [0, 0.1) is 0 Å². The molecule has 1 aromatic rings. The number of hydrogen-bond donors (Lipinski definition) is 0. The maximum Gasteiger partial charge on any atom is 0.178 e. The second kappa shape index (κ2) is 7.64. The van der Waals surface area contributed by atoms with Gasteiger partial charge in [0.25, 0.3) is 0 Å². The van der Waals surface area contributed by atoms with E-state index in [0.717, 1.165) is 31.9 Å². The molecule has 5 nitrogen and oxygen atoms in total. The third-order valence-corrected chi connectivity index (χ3v) is 6.35. The van der Waals surface area contributed by atoms with Crippen molar-refractivity contribution in [1.82, 2.24) is 4.90 Å². The number of piperazine rings is 1. The fraction of sp³-hybridized carbons (Fsp3) is 0.647. The molecule has 2 unspecified atom stereocenters. The van der Waals surface area contributed by atoms with E-state index in [1.807, 2.05) is 12.1 Å². The lowest BCUT2D eigenvalue weighted by Crippen LogP contribution is -2.57. The summed E-state index contributed by atoms with van der Waals surface area (Å²) in [4.78, 5) is 5.21. The average molecular weight is 340 g/mol. The predicted molar refractivity (Wildman–Crippen MR) is 93.9 cm³/mol. The van der Waals surface area contributed by atoms with Crippen LogP contribution in [-0.2, 0) is 14.6 Å². The summed E-state index contributed by atoms with van der Waals surface area (Å²) in [6.07, 6.45) is 0. The highest BCUT2D eigenvalue weighted by atomic mass is 32.2. The van der Waals surface area contributed by atoms with Gasteiger partial charge >= 0.3 is 0 Å². The molecule has 0 bridgehead atoms. The maximum absolute atomic E-state index is 11.9. The number of nitrogens with zero attached hydrogens (tertiary/aromatic N) is 2. The number of ether oxygens (including phenoxy) is 1. The van der Waals surface area contributed by atoms with Crippen LogP contribution in [0.1, 0.15) is 20.8 Å². The van der Waals surface area contributed by atoms with Gasteiger partial charge < -0.3 is 9.64 Å². The van der Waals surface area contributed by atoms with Crippen molar-refractivity contribution in [1.29, 1.82) is 0 Å². The van der Waals surface area contributed by atoms with E-state index in [1.165, 1.54) is 0 Å². The van der Waals surface area contributed by atoms with E-state index >= 15 is 0 Å². The topological polar surface area (TPSA) is 49.9 Å². The quantitative estimate of drug-likeness (QED) is 0.793. The first-order valence-electron chi connectivity index (χ1n) is 8.21. The lowest BCUT2D eigenvalue weighted by atomic mass is 10.1. The van der Waals surface area contributed by atoms with E-state index in [9.17, 15) is 8.42 Å². The van der Waals surface area contributed by atoms with Crippen LogP contribution in [-0.4, -0.2) is 64.5 Å². The lowest BCUT2D eigenvalue weighted by Gasteiger charge is -2.45. The summed E-state index contributed by atoms with van der Waals surface area (Å²) in [6, 6.07) is 8.17. The van der Waals surface area contributed by atoms with Gasteiger partial charge in [0.05, 0.1) is 17.3 Å². The zero-order valence-electron chi connectivity index (χ0n) is 14.5. The standard InChI is InChI=1S/C17H28N2O3S/c1-5-23(20,21)17-8-6-16(7-9-17)18-12-14(2)19(10-11-22-4)15(3)13-18/h6-9,14-15H,5,10-13H2,1-4H3. The molecule has 1 aromatic carbocycles. The molecule has 0 amide bonds. The van der Waals surface area contributed by atoms with Crippen LogP contribution in [0.4, 0.5) is 5.69 Å². The van der Waals surface area contributed by atoms with E-state index < -0.39 is 9.84 Å². The van der Waals surface area contributed by atoms with Gasteiger partial charge in [-0.3, -0.25) is 4.90 Å². The first-order chi connectivity index (χ1) is 10.9. The molecule has 0 aliphatic carbocycles. The Morgan fingerprint density at radius 1 is 1.13 bits per heavy atom. The van der Waals surface area contributed by atoms with Gasteiger partial charge in [-0.15, -0.1) is 0 Å². The summed E-state index contributed by atoms with van der Waals surface area (Å²) < 4.78 is 29.0. The highest BCUT2D eigenvalue weighted by Crippen LogP contribution is 2.24. The Balaban J connectivity index is 2.09. The molecule has 0 N–H and O–H groups in total. The Hall–Kier alpha value is -1.11. The highest BCUT2D eigenvalue weighted by Gasteiger charge is 2.29. The van der Waals surface area contributed by atoms with Crippen molar-refractivity contribution in [2.24, 2.45) is 0 Å². The minimum atomic E-state index is -3.13. The molecule has 1 aliphatic rings. The van der Waals surface area contributed by atoms with Crippen molar-refractivity contribution in [3.63, 3.8) is 0 Å². The van der Waals surface area contributed by atoms with Gasteiger partial charge in [-0.05, 0) is 38.1 Å². The Labute approximate surface area is 140 Å². The summed E-state index contributed by atoms with van der Waals surface area (Å²) in [7, 11) is -1.39. The van der Waals surface area contributed by atoms with E-state index in [4.69, 9.17) is 4.74 Å². The molecular weight excluding hydrogens is 312 g/mol. The first-order valence-corrected chi connectivity index (χ1v) is 9.86. The number of sulfone groups is 1. The molecule has 0 aromatic heterocycles. The van der Waals surface area contributed by atoms with Crippen LogP contribution in [0.3, 0.4) is 0 Å². The van der Waals surface area contributed by atoms with Crippen molar-refractivity contribution in [2.45, 2.75) is 37.8 Å². The highest BCUT2D eigenvalue weighted by molar-refractivity contribution is 7.91. The largest absolute Gasteiger partial charge is 0.383 e. The second-order valence-corrected chi connectivity index (χ2v) is 8.51. The Bertz CT molecular complexity index is 589. The van der Waals surface area contributed by atoms with Crippen molar-refractivity contribution >= 4 is 15.5 Å². The number of rotatable bonds is 6. The van der Waals surface area contributed by atoms with Gasteiger partial charge in [0.2, 0.25) is 0 Å². The number of methoxy groups -OCH3 is 1. The van der Waals surface area contributed by atoms with Gasteiger partial charge in [-0.25, -0.2) is 8.42 Å². The molecule has 0 radical (unpaired) electrons. The molecule has 1 heterocycles. The molecule has 23 heavy (non-hydrogen) atoms. The van der Waals surface area contributed by atoms with Crippen molar-refractivity contribution in [3.8, 4) is 0 Å². The number of anilines is 1. The van der Waals surface area contributed by atoms with Crippen LogP contribution < -0.4 is 4.90 Å². The fourth-order valence-corrected chi connectivity index (χ4v) is 4.12. The minimum absolute atomic E-state index is 0.137. The Kier molecular flexibility index (Phi) is 6.06. The van der Waals surface area contributed by atoms with Gasteiger partial charge in [0.1, 0.15) is 0 Å². The minimum Gasteiger partial charge on any atom is -0.383 e. The molecule has 1 saturated heterocycles. The van der Waals surface area contributed by atoms with Gasteiger partial charge in [0, 0.05) is 44.5 Å². The molecule has 0 saturated carbocycles. The van der Waals surface area contributed by atoms with Crippen LogP contribution in [0.15, 0.2) is 29.2 Å². The molecule has 2 atom stereocenters.